The Morgan fingerprint density at radius 3 is 2.65 bits per heavy atom. The Kier molecular flexibility index (Phi) is 5.24. The highest BCUT2D eigenvalue weighted by molar-refractivity contribution is 7.92. The third kappa shape index (κ3) is 4.93. The summed E-state index contributed by atoms with van der Waals surface area (Å²) in [6, 6.07) is 5.07. The van der Waals surface area contributed by atoms with E-state index < -0.39 is 10.0 Å². The molecule has 0 bridgehead atoms. The Hall–Kier alpha value is -0.780. The summed E-state index contributed by atoms with van der Waals surface area (Å²) in [5.74, 6) is 0.107. The highest BCUT2D eigenvalue weighted by atomic mass is 35.5. The molecular weight excluding hydrogens is 260 g/mol. The van der Waals surface area contributed by atoms with Crippen LogP contribution < -0.4 is 10.0 Å². The molecule has 1 aromatic rings. The SMILES string of the molecule is CNCCCS(=O)(=O)Nc1ccc(Cl)cc1C. The second-order valence-electron chi connectivity index (χ2n) is 3.84. The molecule has 0 saturated carbocycles. The Morgan fingerprint density at radius 2 is 2.06 bits per heavy atom. The van der Waals surface area contributed by atoms with E-state index in [0.717, 1.165) is 5.56 Å². The summed E-state index contributed by atoms with van der Waals surface area (Å²) < 4.78 is 26.0. The fourth-order valence-electron chi connectivity index (χ4n) is 1.40. The van der Waals surface area contributed by atoms with Gasteiger partial charge in [0.25, 0.3) is 0 Å². The molecule has 17 heavy (non-hydrogen) atoms. The van der Waals surface area contributed by atoms with Gasteiger partial charge in [0.15, 0.2) is 0 Å². The first-order valence-corrected chi connectivity index (χ1v) is 7.39. The van der Waals surface area contributed by atoms with Gasteiger partial charge < -0.3 is 5.32 Å². The monoisotopic (exact) mass is 276 g/mol. The van der Waals surface area contributed by atoms with Crippen LogP contribution in [0.2, 0.25) is 5.02 Å². The predicted octanol–water partition coefficient (Wildman–Crippen LogP) is 2.00. The first kappa shape index (κ1) is 14.3. The third-order valence-electron chi connectivity index (χ3n) is 2.29. The second kappa shape index (κ2) is 6.23. The molecule has 0 amide bonds. The average molecular weight is 277 g/mol. The number of sulfonamides is 1. The number of nitrogens with one attached hydrogen (secondary N) is 2. The standard InChI is InChI=1S/C11H17ClN2O2S/c1-9-8-10(12)4-5-11(9)14-17(15,16)7-3-6-13-2/h4-5,8,13-14H,3,6-7H2,1-2H3. The molecule has 0 aromatic heterocycles. The van der Waals surface area contributed by atoms with Gasteiger partial charge in [-0.25, -0.2) is 8.42 Å². The summed E-state index contributed by atoms with van der Waals surface area (Å²) >= 11 is 5.81. The van der Waals surface area contributed by atoms with Gasteiger partial charge >= 0.3 is 0 Å². The summed E-state index contributed by atoms with van der Waals surface area (Å²) in [7, 11) is -1.48. The first-order chi connectivity index (χ1) is 7.94. The van der Waals surface area contributed by atoms with Crippen LogP contribution in [0.1, 0.15) is 12.0 Å². The highest BCUT2D eigenvalue weighted by Gasteiger charge is 2.11. The predicted molar refractivity (Wildman–Crippen MR) is 72.1 cm³/mol. The van der Waals surface area contributed by atoms with E-state index in [1.807, 2.05) is 6.92 Å². The third-order valence-corrected chi connectivity index (χ3v) is 3.89. The second-order valence-corrected chi connectivity index (χ2v) is 6.12. The Bertz CT molecular complexity index is 474. The lowest BCUT2D eigenvalue weighted by Gasteiger charge is -2.10. The van der Waals surface area contributed by atoms with E-state index in [2.05, 4.69) is 10.0 Å². The van der Waals surface area contributed by atoms with E-state index in [-0.39, 0.29) is 5.75 Å². The van der Waals surface area contributed by atoms with Crippen LogP contribution in [0.25, 0.3) is 0 Å². The van der Waals surface area contributed by atoms with Gasteiger partial charge in [0.2, 0.25) is 10.0 Å². The highest BCUT2D eigenvalue weighted by Crippen LogP contribution is 2.20. The van der Waals surface area contributed by atoms with Crippen molar-refractivity contribution in [2.75, 3.05) is 24.1 Å². The van der Waals surface area contributed by atoms with Crippen molar-refractivity contribution < 1.29 is 8.42 Å². The van der Waals surface area contributed by atoms with E-state index in [4.69, 9.17) is 11.6 Å². The summed E-state index contributed by atoms with van der Waals surface area (Å²) in [4.78, 5) is 0. The molecule has 0 saturated heterocycles. The number of hydrogen-bond donors (Lipinski definition) is 2. The van der Waals surface area contributed by atoms with Crippen LogP contribution in [-0.4, -0.2) is 27.8 Å². The van der Waals surface area contributed by atoms with Crippen molar-refractivity contribution in [2.24, 2.45) is 0 Å². The molecule has 4 nitrogen and oxygen atoms in total. The lowest BCUT2D eigenvalue weighted by Crippen LogP contribution is -2.20. The molecule has 0 radical (unpaired) electrons. The molecule has 1 rings (SSSR count). The van der Waals surface area contributed by atoms with E-state index in [1.54, 1.807) is 25.2 Å². The molecule has 0 aliphatic heterocycles. The van der Waals surface area contributed by atoms with E-state index in [9.17, 15) is 8.42 Å². The lowest BCUT2D eigenvalue weighted by atomic mass is 10.2. The molecule has 96 valence electrons. The van der Waals surface area contributed by atoms with Crippen LogP contribution in [0.5, 0.6) is 0 Å². The number of aryl methyl sites for hydroxylation is 1. The van der Waals surface area contributed by atoms with Crippen LogP contribution >= 0.6 is 11.6 Å². The van der Waals surface area contributed by atoms with Crippen LogP contribution in [0.15, 0.2) is 18.2 Å². The molecule has 0 aliphatic carbocycles. The zero-order valence-electron chi connectivity index (χ0n) is 9.96. The number of hydrogen-bond acceptors (Lipinski definition) is 3. The van der Waals surface area contributed by atoms with E-state index >= 15 is 0 Å². The number of halogens is 1. The van der Waals surface area contributed by atoms with Crippen LogP contribution in [0, 0.1) is 6.92 Å². The molecular formula is C11H17ClN2O2S. The molecule has 0 heterocycles. The minimum absolute atomic E-state index is 0.107. The molecule has 2 N–H and O–H groups in total. The average Bonchev–Trinajstić information content (AvgIpc) is 2.22. The van der Waals surface area contributed by atoms with Gasteiger partial charge in [0.1, 0.15) is 0 Å². The van der Waals surface area contributed by atoms with Gasteiger partial charge in [-0.2, -0.15) is 0 Å². The van der Waals surface area contributed by atoms with Crippen LogP contribution in [-0.2, 0) is 10.0 Å². The molecule has 0 spiro atoms. The quantitative estimate of drug-likeness (QED) is 0.782. The summed E-state index contributed by atoms with van der Waals surface area (Å²) in [6.45, 7) is 2.50. The van der Waals surface area contributed by atoms with E-state index in [1.165, 1.54) is 0 Å². The number of anilines is 1. The maximum absolute atomic E-state index is 11.7. The van der Waals surface area contributed by atoms with Crippen molar-refractivity contribution in [1.29, 1.82) is 0 Å². The number of benzene rings is 1. The Morgan fingerprint density at radius 1 is 1.35 bits per heavy atom. The fourth-order valence-corrected chi connectivity index (χ4v) is 2.82. The van der Waals surface area contributed by atoms with Gasteiger partial charge in [-0.05, 0) is 50.7 Å². The minimum Gasteiger partial charge on any atom is -0.320 e. The van der Waals surface area contributed by atoms with E-state index in [0.29, 0.717) is 23.7 Å². The molecule has 6 heteroatoms. The van der Waals surface area contributed by atoms with Gasteiger partial charge in [-0.15, -0.1) is 0 Å². The zero-order valence-corrected chi connectivity index (χ0v) is 11.5. The molecule has 1 aromatic carbocycles. The van der Waals surface area contributed by atoms with Crippen molar-refractivity contribution in [1.82, 2.24) is 5.32 Å². The van der Waals surface area contributed by atoms with Crippen molar-refractivity contribution in [3.8, 4) is 0 Å². The van der Waals surface area contributed by atoms with Crippen molar-refractivity contribution in [3.63, 3.8) is 0 Å². The van der Waals surface area contributed by atoms with Gasteiger partial charge in [-0.1, -0.05) is 11.6 Å². The summed E-state index contributed by atoms with van der Waals surface area (Å²) in [5.41, 5.74) is 1.40. The Labute approximate surface area is 107 Å². The van der Waals surface area contributed by atoms with Gasteiger partial charge in [0, 0.05) is 5.02 Å². The Balaban J connectivity index is 2.69. The smallest absolute Gasteiger partial charge is 0.232 e. The maximum Gasteiger partial charge on any atom is 0.232 e. The van der Waals surface area contributed by atoms with Crippen molar-refractivity contribution in [3.05, 3.63) is 28.8 Å². The van der Waals surface area contributed by atoms with Crippen molar-refractivity contribution >= 4 is 27.3 Å². The van der Waals surface area contributed by atoms with Crippen LogP contribution in [0.4, 0.5) is 5.69 Å². The first-order valence-electron chi connectivity index (χ1n) is 5.36. The topological polar surface area (TPSA) is 58.2 Å². The zero-order chi connectivity index (χ0) is 12.9. The molecule has 0 unspecified atom stereocenters. The van der Waals surface area contributed by atoms with Gasteiger partial charge in [0.05, 0.1) is 11.4 Å². The van der Waals surface area contributed by atoms with Gasteiger partial charge in [-0.3, -0.25) is 4.72 Å². The largest absolute Gasteiger partial charge is 0.320 e. The summed E-state index contributed by atoms with van der Waals surface area (Å²) in [5, 5.41) is 3.51. The maximum atomic E-state index is 11.7. The number of rotatable bonds is 6. The molecule has 0 aliphatic rings. The molecule has 0 fully saturated rings. The van der Waals surface area contributed by atoms with Crippen LogP contribution in [0.3, 0.4) is 0 Å². The lowest BCUT2D eigenvalue weighted by molar-refractivity contribution is 0.597. The summed E-state index contributed by atoms with van der Waals surface area (Å²) in [6.07, 6.45) is 0.582. The fraction of sp³-hybridized carbons (Fsp3) is 0.455. The minimum atomic E-state index is -3.28. The molecule has 0 atom stereocenters. The van der Waals surface area contributed by atoms with Crippen molar-refractivity contribution in [2.45, 2.75) is 13.3 Å². The normalized spacial score (nSPS) is 11.5.